The predicted molar refractivity (Wildman–Crippen MR) is 77.3 cm³/mol. The Labute approximate surface area is 120 Å². The van der Waals surface area contributed by atoms with Crippen molar-refractivity contribution in [2.45, 2.75) is 56.6 Å². The standard InChI is InChI=1S/C12H22O4S2/c1-4-10(16-12(14)6-9(3)18)7-15-11(13)5-8(2)17/h8-10,17-18H,4-7H2,1-3H3. The Bertz CT molecular complexity index is 267. The second-order valence-corrected chi connectivity index (χ2v) is 6.07. The molecule has 0 spiro atoms. The lowest BCUT2D eigenvalue weighted by Crippen LogP contribution is -2.26. The summed E-state index contributed by atoms with van der Waals surface area (Å²) in [5.74, 6) is -0.641. The van der Waals surface area contributed by atoms with Crippen molar-refractivity contribution in [2.24, 2.45) is 0 Å². The van der Waals surface area contributed by atoms with Crippen LogP contribution >= 0.6 is 25.3 Å². The van der Waals surface area contributed by atoms with Crippen LogP contribution in [0.2, 0.25) is 0 Å². The first kappa shape index (κ1) is 17.6. The summed E-state index contributed by atoms with van der Waals surface area (Å²) in [5, 5.41) is -0.0762. The lowest BCUT2D eigenvalue weighted by atomic mass is 10.3. The number of thiol groups is 2. The Morgan fingerprint density at radius 3 is 2.00 bits per heavy atom. The van der Waals surface area contributed by atoms with Crippen LogP contribution in [-0.4, -0.2) is 35.1 Å². The highest BCUT2D eigenvalue weighted by Crippen LogP contribution is 2.07. The number of hydrogen-bond acceptors (Lipinski definition) is 6. The van der Waals surface area contributed by atoms with Crippen LogP contribution in [0.5, 0.6) is 0 Å². The molecule has 0 heterocycles. The van der Waals surface area contributed by atoms with Gasteiger partial charge in [0.25, 0.3) is 0 Å². The molecule has 3 atom stereocenters. The number of carbonyl (C=O) groups is 2. The molecule has 6 heteroatoms. The van der Waals surface area contributed by atoms with Crippen LogP contribution in [0.15, 0.2) is 0 Å². The fraction of sp³-hybridized carbons (Fsp3) is 0.833. The zero-order valence-electron chi connectivity index (χ0n) is 11.1. The predicted octanol–water partition coefficient (Wildman–Crippen LogP) is 2.27. The highest BCUT2D eigenvalue weighted by atomic mass is 32.1. The van der Waals surface area contributed by atoms with Crippen molar-refractivity contribution in [3.05, 3.63) is 0 Å². The first-order valence-electron chi connectivity index (χ1n) is 6.06. The molecular formula is C12H22O4S2. The van der Waals surface area contributed by atoms with Gasteiger partial charge in [0.2, 0.25) is 0 Å². The molecule has 0 amide bonds. The molecule has 4 nitrogen and oxygen atoms in total. The molecule has 0 aliphatic rings. The highest BCUT2D eigenvalue weighted by Gasteiger charge is 2.16. The largest absolute Gasteiger partial charge is 0.462 e. The van der Waals surface area contributed by atoms with Crippen molar-refractivity contribution in [3.8, 4) is 0 Å². The molecular weight excluding hydrogens is 272 g/mol. The molecule has 0 aromatic rings. The molecule has 0 aliphatic carbocycles. The third kappa shape index (κ3) is 9.65. The van der Waals surface area contributed by atoms with E-state index in [1.807, 2.05) is 20.8 Å². The smallest absolute Gasteiger partial charge is 0.307 e. The highest BCUT2D eigenvalue weighted by molar-refractivity contribution is 7.81. The van der Waals surface area contributed by atoms with E-state index in [9.17, 15) is 9.59 Å². The van der Waals surface area contributed by atoms with E-state index in [0.29, 0.717) is 6.42 Å². The van der Waals surface area contributed by atoms with Gasteiger partial charge in [0, 0.05) is 10.5 Å². The topological polar surface area (TPSA) is 52.6 Å². The van der Waals surface area contributed by atoms with Crippen LogP contribution in [0, 0.1) is 0 Å². The van der Waals surface area contributed by atoms with Crippen LogP contribution in [0.1, 0.15) is 40.0 Å². The van der Waals surface area contributed by atoms with Gasteiger partial charge in [-0.05, 0) is 6.42 Å². The third-order valence-electron chi connectivity index (χ3n) is 2.11. The van der Waals surface area contributed by atoms with Crippen LogP contribution in [0.25, 0.3) is 0 Å². The monoisotopic (exact) mass is 294 g/mol. The van der Waals surface area contributed by atoms with Crippen molar-refractivity contribution in [1.82, 2.24) is 0 Å². The van der Waals surface area contributed by atoms with Crippen molar-refractivity contribution in [2.75, 3.05) is 6.61 Å². The first-order chi connectivity index (χ1) is 8.35. The maximum atomic E-state index is 11.4. The Morgan fingerprint density at radius 2 is 1.56 bits per heavy atom. The Balaban J connectivity index is 3.97. The molecule has 18 heavy (non-hydrogen) atoms. The van der Waals surface area contributed by atoms with Gasteiger partial charge in [-0.15, -0.1) is 0 Å². The number of rotatable bonds is 8. The molecule has 0 saturated heterocycles. The van der Waals surface area contributed by atoms with Gasteiger partial charge in [-0.3, -0.25) is 9.59 Å². The number of carbonyl (C=O) groups excluding carboxylic acids is 2. The van der Waals surface area contributed by atoms with Gasteiger partial charge in [-0.25, -0.2) is 0 Å². The van der Waals surface area contributed by atoms with Gasteiger partial charge < -0.3 is 9.47 Å². The van der Waals surface area contributed by atoms with E-state index in [1.165, 1.54) is 0 Å². The van der Waals surface area contributed by atoms with E-state index in [2.05, 4.69) is 25.3 Å². The van der Waals surface area contributed by atoms with Crippen LogP contribution < -0.4 is 0 Å². The molecule has 0 saturated carbocycles. The molecule has 106 valence electrons. The van der Waals surface area contributed by atoms with Gasteiger partial charge in [-0.2, -0.15) is 25.3 Å². The Kier molecular flexibility index (Phi) is 9.36. The second-order valence-electron chi connectivity index (χ2n) is 4.31. The number of esters is 2. The lowest BCUT2D eigenvalue weighted by Gasteiger charge is -2.17. The van der Waals surface area contributed by atoms with Crippen LogP contribution in [0.3, 0.4) is 0 Å². The quantitative estimate of drug-likeness (QED) is 0.532. The van der Waals surface area contributed by atoms with E-state index in [4.69, 9.17) is 9.47 Å². The van der Waals surface area contributed by atoms with E-state index >= 15 is 0 Å². The average Bonchev–Trinajstić information content (AvgIpc) is 2.21. The molecule has 0 aliphatic heterocycles. The van der Waals surface area contributed by atoms with Crippen molar-refractivity contribution in [3.63, 3.8) is 0 Å². The summed E-state index contributed by atoms with van der Waals surface area (Å²) in [6.07, 6.45) is 0.725. The van der Waals surface area contributed by atoms with Crippen molar-refractivity contribution in [1.29, 1.82) is 0 Å². The zero-order chi connectivity index (χ0) is 14.1. The average molecular weight is 294 g/mol. The molecule has 0 aromatic carbocycles. The Morgan fingerprint density at radius 1 is 1.06 bits per heavy atom. The molecule has 0 aromatic heterocycles. The first-order valence-corrected chi connectivity index (χ1v) is 7.09. The van der Waals surface area contributed by atoms with E-state index in [1.54, 1.807) is 0 Å². The van der Waals surface area contributed by atoms with Gasteiger partial charge in [0.05, 0.1) is 12.8 Å². The van der Waals surface area contributed by atoms with Crippen molar-refractivity contribution < 1.29 is 19.1 Å². The summed E-state index contributed by atoms with van der Waals surface area (Å²) < 4.78 is 10.2. The third-order valence-corrected chi connectivity index (χ3v) is 2.47. The molecule has 0 fully saturated rings. The summed E-state index contributed by atoms with van der Waals surface area (Å²) >= 11 is 8.22. The summed E-state index contributed by atoms with van der Waals surface area (Å²) in [6.45, 7) is 5.61. The normalized spacial score (nSPS) is 15.6. The van der Waals surface area contributed by atoms with E-state index in [0.717, 1.165) is 0 Å². The maximum absolute atomic E-state index is 11.4. The van der Waals surface area contributed by atoms with Gasteiger partial charge in [0.15, 0.2) is 0 Å². The summed E-state index contributed by atoms with van der Waals surface area (Å²) in [7, 11) is 0. The molecule has 3 unspecified atom stereocenters. The molecule has 0 radical (unpaired) electrons. The summed E-state index contributed by atoms with van der Waals surface area (Å²) in [5.41, 5.74) is 0. The van der Waals surface area contributed by atoms with Gasteiger partial charge >= 0.3 is 11.9 Å². The van der Waals surface area contributed by atoms with Gasteiger partial charge in [-0.1, -0.05) is 20.8 Å². The van der Waals surface area contributed by atoms with E-state index in [-0.39, 0.29) is 48.0 Å². The van der Waals surface area contributed by atoms with Crippen molar-refractivity contribution >= 4 is 37.2 Å². The minimum atomic E-state index is -0.385. The van der Waals surface area contributed by atoms with E-state index < -0.39 is 0 Å². The molecule has 0 N–H and O–H groups in total. The van der Waals surface area contributed by atoms with Crippen LogP contribution in [0.4, 0.5) is 0 Å². The zero-order valence-corrected chi connectivity index (χ0v) is 12.9. The lowest BCUT2D eigenvalue weighted by molar-refractivity contribution is -0.159. The minimum Gasteiger partial charge on any atom is -0.462 e. The minimum absolute atomic E-state index is 0.0369. The Hall–Kier alpha value is -0.360. The van der Waals surface area contributed by atoms with Crippen LogP contribution in [-0.2, 0) is 19.1 Å². The fourth-order valence-corrected chi connectivity index (χ4v) is 1.49. The number of hydrogen-bond donors (Lipinski definition) is 2. The molecule has 0 bridgehead atoms. The van der Waals surface area contributed by atoms with Gasteiger partial charge in [0.1, 0.15) is 12.7 Å². The molecule has 0 rings (SSSR count). The fourth-order valence-electron chi connectivity index (χ4n) is 1.20. The maximum Gasteiger partial charge on any atom is 0.307 e. The number of ether oxygens (including phenoxy) is 2. The summed E-state index contributed by atoms with van der Waals surface area (Å²) in [6, 6.07) is 0. The SMILES string of the molecule is CCC(COC(=O)CC(C)S)OC(=O)CC(C)S. The summed E-state index contributed by atoms with van der Waals surface area (Å²) in [4.78, 5) is 22.7. The second kappa shape index (κ2) is 9.55.